The highest BCUT2D eigenvalue weighted by Gasteiger charge is 2.22. The van der Waals surface area contributed by atoms with E-state index in [2.05, 4.69) is 0 Å². The molecule has 0 unspecified atom stereocenters. The summed E-state index contributed by atoms with van der Waals surface area (Å²) in [6.07, 6.45) is -4.37. The van der Waals surface area contributed by atoms with Gasteiger partial charge in [0.15, 0.2) is 0 Å². The van der Waals surface area contributed by atoms with E-state index in [9.17, 15) is 0 Å². The molecule has 0 saturated heterocycles. The number of benzene rings is 1. The lowest BCUT2D eigenvalue weighted by atomic mass is 10.1. The Morgan fingerprint density at radius 3 is 2.50 bits per heavy atom. The molecule has 0 spiro atoms. The molecule has 0 heterocycles. The Bertz CT molecular complexity index is 383. The van der Waals surface area contributed by atoms with Crippen LogP contribution in [-0.2, 0) is 0 Å². The summed E-state index contributed by atoms with van der Waals surface area (Å²) in [5, 5.41) is 9.05. The maximum absolute atomic E-state index is 9.05. The zero-order valence-electron chi connectivity index (χ0n) is 10.3. The van der Waals surface area contributed by atoms with E-state index in [1.807, 2.05) is 0 Å². The minimum atomic E-state index is -2.18. The molecule has 0 radical (unpaired) electrons. The molecule has 1 N–H and O–H groups in total. The van der Waals surface area contributed by atoms with Gasteiger partial charge in [0, 0.05) is 6.85 Å². The third kappa shape index (κ3) is 0.991. The van der Waals surface area contributed by atoms with Crippen molar-refractivity contribution in [2.45, 2.75) is 18.6 Å². The molecule has 1 saturated carbocycles. The highest BCUT2D eigenvalue weighted by molar-refractivity contribution is 5.30. The molecule has 1 aromatic carbocycles. The van der Waals surface area contributed by atoms with Crippen LogP contribution in [0.5, 0.6) is 5.75 Å². The lowest BCUT2D eigenvalue weighted by molar-refractivity contribution is 0.475. The molecule has 1 aromatic rings. The molecule has 2 rings (SSSR count). The molecule has 10 heavy (non-hydrogen) atoms. The van der Waals surface area contributed by atoms with Crippen LogP contribution < -0.4 is 0 Å². The van der Waals surface area contributed by atoms with Crippen LogP contribution in [0, 0.1) is 0 Å². The highest BCUT2D eigenvalue weighted by atomic mass is 16.3. The van der Waals surface area contributed by atoms with E-state index in [-0.39, 0.29) is 11.3 Å². The summed E-state index contributed by atoms with van der Waals surface area (Å²) < 4.78 is 37.6. The molecule has 1 heteroatoms. The standard InChI is InChI=1S/C9H10O/c10-9-5-3-8(4-6-9)7-1-2-7/h3-7,10H,1-2H2/i1D2,2D2,7D. The van der Waals surface area contributed by atoms with E-state index in [1.165, 1.54) is 24.3 Å². The first kappa shape index (κ1) is 2.57. The van der Waals surface area contributed by atoms with E-state index in [0.29, 0.717) is 0 Å². The predicted molar refractivity (Wildman–Crippen MR) is 40.1 cm³/mol. The third-order valence-electron chi connectivity index (χ3n) is 1.41. The maximum atomic E-state index is 9.05. The van der Waals surface area contributed by atoms with Gasteiger partial charge >= 0.3 is 0 Å². The van der Waals surface area contributed by atoms with Crippen molar-refractivity contribution < 1.29 is 12.0 Å². The summed E-state index contributed by atoms with van der Waals surface area (Å²) in [7, 11) is 0. The van der Waals surface area contributed by atoms with Crippen molar-refractivity contribution in [1.82, 2.24) is 0 Å². The SMILES string of the molecule is [2H]C1([2H])C([2H])([2H])C1([2H])c1ccc(O)cc1. The molecule has 0 atom stereocenters. The van der Waals surface area contributed by atoms with Crippen LogP contribution in [0.15, 0.2) is 24.3 Å². The number of phenols is 1. The second-order valence-electron chi connectivity index (χ2n) is 2.17. The Kier molecular flexibility index (Phi) is 0.517. The van der Waals surface area contributed by atoms with Crippen molar-refractivity contribution in [2.24, 2.45) is 0 Å². The first-order valence-corrected chi connectivity index (χ1v) is 3.04. The third-order valence-corrected chi connectivity index (χ3v) is 1.41. The van der Waals surface area contributed by atoms with Gasteiger partial charge in [0.25, 0.3) is 0 Å². The fraction of sp³-hybridized carbons (Fsp3) is 0.333. The summed E-state index contributed by atoms with van der Waals surface area (Å²) >= 11 is 0. The van der Waals surface area contributed by atoms with Crippen LogP contribution in [0.2, 0.25) is 0 Å². The zero-order valence-corrected chi connectivity index (χ0v) is 5.26. The molecule has 1 aliphatic rings. The van der Waals surface area contributed by atoms with E-state index in [1.54, 1.807) is 0 Å². The monoisotopic (exact) mass is 139 g/mol. The van der Waals surface area contributed by atoms with Crippen molar-refractivity contribution in [3.05, 3.63) is 29.8 Å². The molecular formula is C9H10O. The second kappa shape index (κ2) is 2.01. The Hall–Kier alpha value is -0.980. The fourth-order valence-corrected chi connectivity index (χ4v) is 0.804. The van der Waals surface area contributed by atoms with Crippen molar-refractivity contribution >= 4 is 0 Å². The minimum absolute atomic E-state index is 0.0177. The molecule has 1 aliphatic carbocycles. The van der Waals surface area contributed by atoms with Gasteiger partial charge in [0.05, 0.1) is 0 Å². The van der Waals surface area contributed by atoms with Crippen molar-refractivity contribution in [1.29, 1.82) is 0 Å². The predicted octanol–water partition coefficient (Wildman–Crippen LogP) is 2.27. The van der Waals surface area contributed by atoms with E-state index >= 15 is 0 Å². The van der Waals surface area contributed by atoms with Crippen molar-refractivity contribution in [2.75, 3.05) is 0 Å². The van der Waals surface area contributed by atoms with Crippen molar-refractivity contribution in [3.63, 3.8) is 0 Å². The molecular weight excluding hydrogens is 124 g/mol. The van der Waals surface area contributed by atoms with Gasteiger partial charge in [-0.15, -0.1) is 0 Å². The second-order valence-corrected chi connectivity index (χ2v) is 2.17. The molecule has 0 aromatic heterocycles. The van der Waals surface area contributed by atoms with Crippen molar-refractivity contribution in [3.8, 4) is 5.75 Å². The molecule has 0 amide bonds. The van der Waals surface area contributed by atoms with Gasteiger partial charge in [-0.3, -0.25) is 0 Å². The Labute approximate surface area is 67.3 Å². The van der Waals surface area contributed by atoms with Gasteiger partial charge in [-0.25, -0.2) is 0 Å². The van der Waals surface area contributed by atoms with Gasteiger partial charge in [-0.05, 0) is 36.3 Å². The largest absolute Gasteiger partial charge is 0.508 e. The van der Waals surface area contributed by atoms with E-state index in [4.69, 9.17) is 12.0 Å². The lowest BCUT2D eigenvalue weighted by Gasteiger charge is -1.95. The topological polar surface area (TPSA) is 20.2 Å². The summed E-state index contributed by atoms with van der Waals surface area (Å²) in [6.45, 7) is 0. The minimum Gasteiger partial charge on any atom is -0.508 e. The summed E-state index contributed by atoms with van der Waals surface area (Å²) in [5.41, 5.74) is 0.246. The van der Waals surface area contributed by atoms with Crippen LogP contribution >= 0.6 is 0 Å². The van der Waals surface area contributed by atoms with Crippen LogP contribution in [0.25, 0.3) is 0 Å². The van der Waals surface area contributed by atoms with Gasteiger partial charge in [-0.2, -0.15) is 0 Å². The van der Waals surface area contributed by atoms with Gasteiger partial charge in [0.1, 0.15) is 5.75 Å². The van der Waals surface area contributed by atoms with Crippen LogP contribution in [0.3, 0.4) is 0 Å². The maximum Gasteiger partial charge on any atom is 0.115 e. The Morgan fingerprint density at radius 2 is 2.00 bits per heavy atom. The molecule has 1 fully saturated rings. The average Bonchev–Trinajstić information content (AvgIpc) is 2.46. The van der Waals surface area contributed by atoms with Crippen LogP contribution in [-0.4, -0.2) is 5.11 Å². The van der Waals surface area contributed by atoms with Gasteiger partial charge in [0.2, 0.25) is 0 Å². The number of phenolic OH excluding ortho intramolecular Hbond substituents is 1. The zero-order chi connectivity index (χ0) is 11.5. The molecule has 0 aliphatic heterocycles. The number of hydrogen-bond donors (Lipinski definition) is 1. The number of aromatic hydroxyl groups is 1. The molecule has 1 nitrogen and oxygen atoms in total. The van der Waals surface area contributed by atoms with Gasteiger partial charge in [-0.1, -0.05) is 12.1 Å². The summed E-state index contributed by atoms with van der Waals surface area (Å²) in [5.74, 6) is -1.85. The lowest BCUT2D eigenvalue weighted by Crippen LogP contribution is -1.75. The van der Waals surface area contributed by atoms with Crippen LogP contribution in [0.4, 0.5) is 0 Å². The fourth-order valence-electron chi connectivity index (χ4n) is 0.804. The summed E-state index contributed by atoms with van der Waals surface area (Å²) in [6, 6.07) is 5.42. The smallest absolute Gasteiger partial charge is 0.115 e. The van der Waals surface area contributed by atoms with Gasteiger partial charge < -0.3 is 5.11 Å². The van der Waals surface area contributed by atoms with E-state index in [0.717, 1.165) is 0 Å². The normalized spacial score (nSPS) is 37.8. The summed E-state index contributed by atoms with van der Waals surface area (Å²) in [4.78, 5) is 0. The number of hydrogen-bond acceptors (Lipinski definition) is 1. The average molecular weight is 139 g/mol. The molecule has 0 bridgehead atoms. The van der Waals surface area contributed by atoms with Crippen LogP contribution in [0.1, 0.15) is 31.1 Å². The van der Waals surface area contributed by atoms with E-state index < -0.39 is 18.6 Å². The molecule has 52 valence electrons. The highest BCUT2D eigenvalue weighted by Crippen LogP contribution is 2.40. The Balaban J connectivity index is 2.46. The first-order chi connectivity index (χ1) is 6.75. The quantitative estimate of drug-likeness (QED) is 0.632. The number of rotatable bonds is 1. The Morgan fingerprint density at radius 1 is 1.40 bits per heavy atom. The first-order valence-electron chi connectivity index (χ1n) is 5.54.